The van der Waals surface area contributed by atoms with E-state index < -0.39 is 6.04 Å². The van der Waals surface area contributed by atoms with Gasteiger partial charge < -0.3 is 10.2 Å². The van der Waals surface area contributed by atoms with Crippen molar-refractivity contribution in [2.75, 3.05) is 0 Å². The maximum Gasteiger partial charge on any atom is 0.255 e. The van der Waals surface area contributed by atoms with Crippen LogP contribution in [0.4, 0.5) is 0 Å². The quantitative estimate of drug-likeness (QED) is 0.797. The Labute approximate surface area is 159 Å². The Kier molecular flexibility index (Phi) is 5.00. The summed E-state index contributed by atoms with van der Waals surface area (Å²) in [7, 11) is 0. The summed E-state index contributed by atoms with van der Waals surface area (Å²) in [6, 6.07) is 5.98. The van der Waals surface area contributed by atoms with Crippen molar-refractivity contribution < 1.29 is 14.4 Å². The van der Waals surface area contributed by atoms with E-state index in [0.717, 1.165) is 12.1 Å². The van der Waals surface area contributed by atoms with Crippen LogP contribution in [0.15, 0.2) is 18.2 Å². The van der Waals surface area contributed by atoms with Crippen LogP contribution in [0.2, 0.25) is 0 Å². The molecule has 3 amide bonds. The summed E-state index contributed by atoms with van der Waals surface area (Å²) in [5.74, 6) is -0.0241. The normalized spacial score (nSPS) is 28.3. The summed E-state index contributed by atoms with van der Waals surface area (Å²) in [6.45, 7) is 3.55. The van der Waals surface area contributed by atoms with Crippen molar-refractivity contribution in [2.24, 2.45) is 5.92 Å². The molecule has 3 atom stereocenters. The fraction of sp³-hybridized carbons (Fsp3) is 0.571. The van der Waals surface area contributed by atoms with Gasteiger partial charge in [0, 0.05) is 31.1 Å². The number of amides is 3. The molecule has 2 aliphatic heterocycles. The van der Waals surface area contributed by atoms with Gasteiger partial charge in [0.2, 0.25) is 11.8 Å². The standard InChI is InChI=1S/C21H27N3O3/c1-13-4-2-3-5-17(13)22-11-14-6-7-16-15(10-14)12-24(21(16)27)18-8-9-19(25)23-20(18)26/h6-7,10,13,17-18,22H,2-5,8-9,11-12H2,1H3,(H,23,25,26)/t13-,17+,18?/m0/s1. The van der Waals surface area contributed by atoms with Crippen LogP contribution < -0.4 is 10.6 Å². The molecule has 0 radical (unpaired) electrons. The average molecular weight is 369 g/mol. The zero-order chi connectivity index (χ0) is 19.0. The molecule has 3 aliphatic rings. The van der Waals surface area contributed by atoms with E-state index in [2.05, 4.69) is 23.6 Å². The van der Waals surface area contributed by atoms with Crippen molar-refractivity contribution in [1.82, 2.24) is 15.5 Å². The van der Waals surface area contributed by atoms with Crippen LogP contribution in [0.1, 0.15) is 66.9 Å². The first-order valence-electron chi connectivity index (χ1n) is 10.0. The van der Waals surface area contributed by atoms with Gasteiger partial charge in [-0.2, -0.15) is 0 Å². The van der Waals surface area contributed by atoms with Crippen LogP contribution in [0.3, 0.4) is 0 Å². The van der Waals surface area contributed by atoms with Crippen LogP contribution in [-0.4, -0.2) is 34.7 Å². The highest BCUT2D eigenvalue weighted by Crippen LogP contribution is 2.29. The maximum absolute atomic E-state index is 12.7. The number of fused-ring (bicyclic) bond motifs is 1. The van der Waals surface area contributed by atoms with E-state index in [0.29, 0.717) is 30.5 Å². The van der Waals surface area contributed by atoms with Gasteiger partial charge in [0.25, 0.3) is 5.91 Å². The molecule has 2 N–H and O–H groups in total. The predicted molar refractivity (Wildman–Crippen MR) is 101 cm³/mol. The van der Waals surface area contributed by atoms with Gasteiger partial charge in [-0.05, 0) is 42.4 Å². The van der Waals surface area contributed by atoms with Crippen molar-refractivity contribution in [3.63, 3.8) is 0 Å². The second-order valence-corrected chi connectivity index (χ2v) is 8.14. The highest BCUT2D eigenvalue weighted by molar-refractivity contribution is 6.05. The molecule has 27 heavy (non-hydrogen) atoms. The Hall–Kier alpha value is -2.21. The summed E-state index contributed by atoms with van der Waals surface area (Å²) in [4.78, 5) is 37.8. The Morgan fingerprint density at radius 2 is 1.96 bits per heavy atom. The highest BCUT2D eigenvalue weighted by atomic mass is 16.2. The molecule has 4 rings (SSSR count). The van der Waals surface area contributed by atoms with Gasteiger partial charge in [-0.25, -0.2) is 0 Å². The lowest BCUT2D eigenvalue weighted by Crippen LogP contribution is -2.52. The van der Waals surface area contributed by atoms with E-state index in [9.17, 15) is 14.4 Å². The van der Waals surface area contributed by atoms with Gasteiger partial charge >= 0.3 is 0 Å². The van der Waals surface area contributed by atoms with Gasteiger partial charge in [-0.3, -0.25) is 19.7 Å². The Bertz CT molecular complexity index is 776. The summed E-state index contributed by atoms with van der Waals surface area (Å²) >= 11 is 0. The van der Waals surface area contributed by atoms with Crippen LogP contribution in [0, 0.1) is 5.92 Å². The number of piperidine rings is 1. The van der Waals surface area contributed by atoms with E-state index in [-0.39, 0.29) is 24.1 Å². The fourth-order valence-electron chi connectivity index (χ4n) is 4.61. The lowest BCUT2D eigenvalue weighted by atomic mass is 9.86. The topological polar surface area (TPSA) is 78.5 Å². The zero-order valence-electron chi connectivity index (χ0n) is 15.8. The number of nitrogens with one attached hydrogen (secondary N) is 2. The number of carbonyl (C=O) groups excluding carboxylic acids is 3. The molecule has 1 aromatic carbocycles. The molecular formula is C21H27N3O3. The molecule has 1 aromatic rings. The van der Waals surface area contributed by atoms with Crippen molar-refractivity contribution in [1.29, 1.82) is 0 Å². The van der Waals surface area contributed by atoms with Crippen molar-refractivity contribution in [2.45, 2.75) is 70.6 Å². The van der Waals surface area contributed by atoms with Gasteiger partial charge in [0.1, 0.15) is 6.04 Å². The number of imide groups is 1. The second kappa shape index (κ2) is 7.43. The molecule has 6 nitrogen and oxygen atoms in total. The predicted octanol–water partition coefficient (Wildman–Crippen LogP) is 2.12. The van der Waals surface area contributed by atoms with Crippen LogP contribution in [0.25, 0.3) is 0 Å². The molecule has 1 saturated carbocycles. The Morgan fingerprint density at radius 1 is 1.15 bits per heavy atom. The fourth-order valence-corrected chi connectivity index (χ4v) is 4.61. The average Bonchev–Trinajstić information content (AvgIpc) is 2.97. The van der Waals surface area contributed by atoms with E-state index in [1.165, 1.54) is 31.2 Å². The molecule has 6 heteroatoms. The largest absolute Gasteiger partial charge is 0.322 e. The first-order chi connectivity index (χ1) is 13.0. The number of hydrogen-bond acceptors (Lipinski definition) is 4. The number of rotatable bonds is 4. The summed E-state index contributed by atoms with van der Waals surface area (Å²) in [5.41, 5.74) is 2.82. The zero-order valence-corrected chi connectivity index (χ0v) is 15.8. The molecule has 1 saturated heterocycles. The molecule has 144 valence electrons. The molecular weight excluding hydrogens is 342 g/mol. The highest BCUT2D eigenvalue weighted by Gasteiger charge is 2.39. The van der Waals surface area contributed by atoms with Crippen molar-refractivity contribution in [3.8, 4) is 0 Å². The number of carbonyl (C=O) groups is 3. The maximum atomic E-state index is 12.7. The van der Waals surface area contributed by atoms with Gasteiger partial charge in [0.05, 0.1) is 0 Å². The lowest BCUT2D eigenvalue weighted by molar-refractivity contribution is -0.136. The number of nitrogens with zero attached hydrogens (tertiary/aromatic N) is 1. The minimum atomic E-state index is -0.549. The Morgan fingerprint density at radius 3 is 2.74 bits per heavy atom. The lowest BCUT2D eigenvalue weighted by Gasteiger charge is -2.29. The van der Waals surface area contributed by atoms with Crippen LogP contribution in [-0.2, 0) is 22.7 Å². The Balaban J connectivity index is 1.43. The summed E-state index contributed by atoms with van der Waals surface area (Å²) in [5, 5.41) is 6.02. The van der Waals surface area contributed by atoms with Crippen LogP contribution in [0.5, 0.6) is 0 Å². The molecule has 0 bridgehead atoms. The third-order valence-electron chi connectivity index (χ3n) is 6.27. The molecule has 2 heterocycles. The monoisotopic (exact) mass is 369 g/mol. The number of benzene rings is 1. The minimum Gasteiger partial charge on any atom is -0.322 e. The van der Waals surface area contributed by atoms with E-state index in [1.807, 2.05) is 12.1 Å². The van der Waals surface area contributed by atoms with Crippen molar-refractivity contribution in [3.05, 3.63) is 34.9 Å². The van der Waals surface area contributed by atoms with Crippen LogP contribution >= 0.6 is 0 Å². The second-order valence-electron chi connectivity index (χ2n) is 8.14. The molecule has 1 aliphatic carbocycles. The third-order valence-corrected chi connectivity index (χ3v) is 6.27. The van der Waals surface area contributed by atoms with E-state index in [4.69, 9.17) is 0 Å². The van der Waals surface area contributed by atoms with Gasteiger partial charge in [-0.1, -0.05) is 31.9 Å². The van der Waals surface area contributed by atoms with Gasteiger partial charge in [-0.15, -0.1) is 0 Å². The van der Waals surface area contributed by atoms with E-state index in [1.54, 1.807) is 4.90 Å². The third kappa shape index (κ3) is 3.63. The number of hydrogen-bond donors (Lipinski definition) is 2. The summed E-state index contributed by atoms with van der Waals surface area (Å²) in [6.07, 6.45) is 5.83. The summed E-state index contributed by atoms with van der Waals surface area (Å²) < 4.78 is 0. The first-order valence-corrected chi connectivity index (χ1v) is 10.0. The molecule has 0 aromatic heterocycles. The van der Waals surface area contributed by atoms with E-state index >= 15 is 0 Å². The first kappa shape index (κ1) is 18.2. The smallest absolute Gasteiger partial charge is 0.255 e. The SMILES string of the molecule is C[C@H]1CCCC[C@H]1NCc1ccc2c(c1)CN(C1CCC(=O)NC1=O)C2=O. The molecule has 0 spiro atoms. The van der Waals surface area contributed by atoms with Gasteiger partial charge in [0.15, 0.2) is 0 Å². The van der Waals surface area contributed by atoms with Crippen molar-refractivity contribution >= 4 is 17.7 Å². The molecule has 2 fully saturated rings. The molecule has 1 unspecified atom stereocenters. The minimum absolute atomic E-state index is 0.111.